The fraction of sp³-hybridized carbons (Fsp3) is 0.571. The first-order valence-corrected chi connectivity index (χ1v) is 7.47. The summed E-state index contributed by atoms with van der Waals surface area (Å²) in [5.74, 6) is 0.553. The molecule has 1 N–H and O–H groups in total. The highest BCUT2D eigenvalue weighted by Gasteiger charge is 2.35. The molecule has 1 heterocycles. The fourth-order valence-corrected chi connectivity index (χ4v) is 3.02. The van der Waals surface area contributed by atoms with E-state index in [-0.39, 0.29) is 5.69 Å². The summed E-state index contributed by atoms with van der Waals surface area (Å²) in [5, 5.41) is 3.13. The van der Waals surface area contributed by atoms with Crippen molar-refractivity contribution >= 4 is 21.6 Å². The molecule has 6 heteroatoms. The molecule has 0 atom stereocenters. The van der Waals surface area contributed by atoms with Gasteiger partial charge in [-0.3, -0.25) is 0 Å². The molecule has 0 aliphatic carbocycles. The molecule has 0 bridgehead atoms. The van der Waals surface area contributed by atoms with Gasteiger partial charge in [0, 0.05) is 17.6 Å². The minimum atomic E-state index is -4.31. The van der Waals surface area contributed by atoms with Gasteiger partial charge in [-0.15, -0.1) is 0 Å². The molecule has 1 aromatic carbocycles. The van der Waals surface area contributed by atoms with Gasteiger partial charge in [-0.25, -0.2) is 0 Å². The summed E-state index contributed by atoms with van der Waals surface area (Å²) in [4.78, 5) is 1.85. The van der Waals surface area contributed by atoms with E-state index in [2.05, 4.69) is 21.2 Å². The van der Waals surface area contributed by atoms with Gasteiger partial charge >= 0.3 is 6.18 Å². The number of anilines is 1. The Labute approximate surface area is 125 Å². The Morgan fingerprint density at radius 2 is 1.95 bits per heavy atom. The van der Waals surface area contributed by atoms with Crippen LogP contribution in [-0.4, -0.2) is 26.7 Å². The molecule has 1 aliphatic heterocycles. The lowest BCUT2D eigenvalue weighted by atomic mass is 9.96. The Hall–Kier alpha value is -0.750. The van der Waals surface area contributed by atoms with Gasteiger partial charge in [-0.1, -0.05) is 15.9 Å². The monoisotopic (exact) mass is 350 g/mol. The highest BCUT2D eigenvalue weighted by atomic mass is 79.9. The first-order valence-electron chi connectivity index (χ1n) is 6.68. The van der Waals surface area contributed by atoms with Crippen LogP contribution in [0.1, 0.15) is 18.4 Å². The van der Waals surface area contributed by atoms with Crippen LogP contribution in [0.15, 0.2) is 22.7 Å². The van der Waals surface area contributed by atoms with Gasteiger partial charge < -0.3 is 10.2 Å². The molecule has 0 spiro atoms. The van der Waals surface area contributed by atoms with Crippen LogP contribution >= 0.6 is 15.9 Å². The first kappa shape index (κ1) is 15.6. The molecule has 0 amide bonds. The lowest BCUT2D eigenvalue weighted by Crippen LogP contribution is -2.37. The average Bonchev–Trinajstić information content (AvgIpc) is 2.38. The first-order chi connectivity index (χ1) is 9.41. The third-order valence-electron chi connectivity index (χ3n) is 3.71. The Bertz CT molecular complexity index is 454. The molecule has 112 valence electrons. The predicted octanol–water partition coefficient (Wildman–Crippen LogP) is 3.90. The number of piperidine rings is 1. The lowest BCUT2D eigenvalue weighted by molar-refractivity contribution is -0.137. The van der Waals surface area contributed by atoms with Crippen LogP contribution in [0, 0.1) is 5.92 Å². The van der Waals surface area contributed by atoms with E-state index in [0.29, 0.717) is 23.5 Å². The summed E-state index contributed by atoms with van der Waals surface area (Å²) in [5.41, 5.74) is -0.262. The maximum atomic E-state index is 13.1. The van der Waals surface area contributed by atoms with Gasteiger partial charge in [-0.05, 0) is 50.6 Å². The minimum absolute atomic E-state index is 0.287. The number of rotatable bonds is 3. The van der Waals surface area contributed by atoms with Crippen molar-refractivity contribution in [1.29, 1.82) is 0 Å². The van der Waals surface area contributed by atoms with E-state index in [9.17, 15) is 13.2 Å². The smallest absolute Gasteiger partial charge is 0.371 e. The van der Waals surface area contributed by atoms with Crippen molar-refractivity contribution in [2.75, 3.05) is 31.6 Å². The summed E-state index contributed by atoms with van der Waals surface area (Å²) in [6.07, 6.45) is -2.47. The van der Waals surface area contributed by atoms with Gasteiger partial charge in [0.25, 0.3) is 0 Å². The highest BCUT2D eigenvalue weighted by molar-refractivity contribution is 9.10. The maximum Gasteiger partial charge on any atom is 0.418 e. The molecular weight excluding hydrogens is 333 g/mol. The zero-order valence-corrected chi connectivity index (χ0v) is 12.9. The molecule has 0 saturated carbocycles. The molecule has 20 heavy (non-hydrogen) atoms. The van der Waals surface area contributed by atoms with Crippen LogP contribution < -0.4 is 10.2 Å². The van der Waals surface area contributed by atoms with E-state index in [1.807, 2.05) is 11.9 Å². The SMILES string of the molecule is CNCC1CCN(c2cc(Br)ccc2C(F)(F)F)CC1. The number of hydrogen-bond acceptors (Lipinski definition) is 2. The van der Waals surface area contributed by atoms with Crippen molar-refractivity contribution in [2.24, 2.45) is 5.92 Å². The molecule has 1 fully saturated rings. The number of nitrogens with one attached hydrogen (secondary N) is 1. The van der Waals surface area contributed by atoms with E-state index < -0.39 is 11.7 Å². The third kappa shape index (κ3) is 3.67. The molecular formula is C14H18BrF3N2. The second-order valence-electron chi connectivity index (χ2n) is 5.15. The van der Waals surface area contributed by atoms with E-state index in [0.717, 1.165) is 25.5 Å². The van der Waals surface area contributed by atoms with E-state index in [1.165, 1.54) is 6.07 Å². The molecule has 0 radical (unpaired) electrons. The van der Waals surface area contributed by atoms with E-state index in [4.69, 9.17) is 0 Å². The van der Waals surface area contributed by atoms with Crippen molar-refractivity contribution in [3.05, 3.63) is 28.2 Å². The second-order valence-corrected chi connectivity index (χ2v) is 6.06. The number of alkyl halides is 3. The highest BCUT2D eigenvalue weighted by Crippen LogP contribution is 2.39. The predicted molar refractivity (Wildman–Crippen MR) is 78.0 cm³/mol. The zero-order valence-electron chi connectivity index (χ0n) is 11.3. The van der Waals surface area contributed by atoms with Crippen LogP contribution in [-0.2, 0) is 6.18 Å². The Morgan fingerprint density at radius 3 is 2.50 bits per heavy atom. The Kier molecular flexibility index (Phi) is 4.96. The number of hydrogen-bond donors (Lipinski definition) is 1. The molecule has 2 rings (SSSR count). The largest absolute Gasteiger partial charge is 0.418 e. The minimum Gasteiger partial charge on any atom is -0.371 e. The normalized spacial score (nSPS) is 17.6. The van der Waals surface area contributed by atoms with Crippen molar-refractivity contribution in [3.63, 3.8) is 0 Å². The topological polar surface area (TPSA) is 15.3 Å². The molecule has 1 saturated heterocycles. The average molecular weight is 351 g/mol. The molecule has 0 aromatic heterocycles. The van der Waals surface area contributed by atoms with Gasteiger partial charge in [0.2, 0.25) is 0 Å². The van der Waals surface area contributed by atoms with E-state index >= 15 is 0 Å². The summed E-state index contributed by atoms with van der Waals surface area (Å²) in [7, 11) is 1.91. The second kappa shape index (κ2) is 6.35. The number of halogens is 4. The van der Waals surface area contributed by atoms with Crippen LogP contribution in [0.2, 0.25) is 0 Å². The molecule has 0 unspecified atom stereocenters. The van der Waals surface area contributed by atoms with Crippen LogP contribution in [0.25, 0.3) is 0 Å². The molecule has 2 nitrogen and oxygen atoms in total. The zero-order chi connectivity index (χ0) is 14.8. The summed E-state index contributed by atoms with van der Waals surface area (Å²) >= 11 is 3.26. The summed E-state index contributed by atoms with van der Waals surface area (Å²) in [6, 6.07) is 4.17. The number of nitrogens with zero attached hydrogens (tertiary/aromatic N) is 1. The Balaban J connectivity index is 2.19. The van der Waals surface area contributed by atoms with Gasteiger partial charge in [0.05, 0.1) is 11.3 Å². The lowest BCUT2D eigenvalue weighted by Gasteiger charge is -2.35. The van der Waals surface area contributed by atoms with Crippen molar-refractivity contribution < 1.29 is 13.2 Å². The Morgan fingerprint density at radius 1 is 1.30 bits per heavy atom. The van der Waals surface area contributed by atoms with Gasteiger partial charge in [0.15, 0.2) is 0 Å². The fourth-order valence-electron chi connectivity index (χ4n) is 2.67. The van der Waals surface area contributed by atoms with E-state index in [1.54, 1.807) is 6.07 Å². The van der Waals surface area contributed by atoms with Crippen LogP contribution in [0.3, 0.4) is 0 Å². The van der Waals surface area contributed by atoms with Crippen LogP contribution in [0.4, 0.5) is 18.9 Å². The summed E-state index contributed by atoms with van der Waals surface area (Å²) in [6.45, 7) is 2.27. The van der Waals surface area contributed by atoms with Crippen molar-refractivity contribution in [2.45, 2.75) is 19.0 Å². The van der Waals surface area contributed by atoms with Crippen LogP contribution in [0.5, 0.6) is 0 Å². The number of benzene rings is 1. The maximum absolute atomic E-state index is 13.1. The van der Waals surface area contributed by atoms with Gasteiger partial charge in [0.1, 0.15) is 0 Å². The third-order valence-corrected chi connectivity index (χ3v) is 4.21. The van der Waals surface area contributed by atoms with Crippen molar-refractivity contribution in [1.82, 2.24) is 5.32 Å². The van der Waals surface area contributed by atoms with Crippen molar-refractivity contribution in [3.8, 4) is 0 Å². The summed E-state index contributed by atoms with van der Waals surface area (Å²) < 4.78 is 39.9. The standard InChI is InChI=1S/C14H18BrF3N2/c1-19-9-10-4-6-20(7-5-10)13-8-11(15)2-3-12(13)14(16,17)18/h2-3,8,10,19H,4-7,9H2,1H3. The van der Waals surface area contributed by atoms with Gasteiger partial charge in [-0.2, -0.15) is 13.2 Å². The molecule has 1 aliphatic rings. The quantitative estimate of drug-likeness (QED) is 0.889. The molecule has 1 aromatic rings.